The average Bonchev–Trinajstić information content (AvgIpc) is 2.62. The second-order valence-corrected chi connectivity index (χ2v) is 4.91. The minimum absolute atomic E-state index is 0.383. The molecule has 0 radical (unpaired) electrons. The maximum Gasteiger partial charge on any atom is 0.158 e. The van der Waals surface area contributed by atoms with Crippen molar-refractivity contribution in [3.05, 3.63) is 11.6 Å². The quantitative estimate of drug-likeness (QED) is 0.594. The van der Waals surface area contributed by atoms with Crippen LogP contribution in [0.15, 0.2) is 11.6 Å². The zero-order valence-electron chi connectivity index (χ0n) is 8.55. The van der Waals surface area contributed by atoms with Crippen LogP contribution >= 0.6 is 0 Å². The van der Waals surface area contributed by atoms with Gasteiger partial charge in [-0.05, 0) is 51.0 Å². The van der Waals surface area contributed by atoms with E-state index in [1.807, 2.05) is 19.9 Å². The summed E-state index contributed by atoms with van der Waals surface area (Å²) in [7, 11) is 0. The summed E-state index contributed by atoms with van der Waals surface area (Å²) in [5.41, 5.74) is 1.15. The lowest BCUT2D eigenvalue weighted by Gasteiger charge is -2.18. The van der Waals surface area contributed by atoms with E-state index in [1.165, 1.54) is 25.7 Å². The average molecular weight is 178 g/mol. The van der Waals surface area contributed by atoms with Crippen molar-refractivity contribution in [2.45, 2.75) is 39.5 Å². The number of carbonyl (C=O) groups excluding carboxylic acids is 1. The monoisotopic (exact) mass is 178 g/mol. The highest BCUT2D eigenvalue weighted by molar-refractivity contribution is 5.92. The maximum atomic E-state index is 11.8. The lowest BCUT2D eigenvalue weighted by Crippen LogP contribution is -2.19. The Morgan fingerprint density at radius 3 is 2.46 bits per heavy atom. The van der Waals surface area contributed by atoms with Gasteiger partial charge in [0.2, 0.25) is 0 Å². The molecule has 13 heavy (non-hydrogen) atoms. The molecular formula is C12H18O. The van der Waals surface area contributed by atoms with E-state index in [0.717, 1.165) is 17.4 Å². The molecule has 0 N–H and O–H groups in total. The van der Waals surface area contributed by atoms with E-state index in [1.54, 1.807) is 0 Å². The maximum absolute atomic E-state index is 11.8. The molecule has 0 aliphatic heterocycles. The number of rotatable bonds is 2. The molecule has 0 amide bonds. The summed E-state index contributed by atoms with van der Waals surface area (Å²) in [6.07, 6.45) is 7.02. The van der Waals surface area contributed by atoms with Gasteiger partial charge >= 0.3 is 0 Å². The van der Waals surface area contributed by atoms with Crippen molar-refractivity contribution >= 4 is 5.78 Å². The number of ketones is 1. The molecule has 0 aromatic carbocycles. The Balaban J connectivity index is 2.03. The van der Waals surface area contributed by atoms with Crippen LogP contribution in [-0.2, 0) is 4.79 Å². The van der Waals surface area contributed by atoms with Gasteiger partial charge in [0.05, 0.1) is 0 Å². The van der Waals surface area contributed by atoms with Crippen LogP contribution in [0.5, 0.6) is 0 Å². The van der Waals surface area contributed by atoms with Crippen LogP contribution in [0.4, 0.5) is 0 Å². The highest BCUT2D eigenvalue weighted by Crippen LogP contribution is 2.48. The van der Waals surface area contributed by atoms with Crippen molar-refractivity contribution < 1.29 is 4.79 Å². The largest absolute Gasteiger partial charge is 0.295 e. The molecule has 2 rings (SSSR count). The molecule has 2 saturated carbocycles. The third-order valence-electron chi connectivity index (χ3n) is 3.53. The minimum atomic E-state index is 0.383. The second-order valence-electron chi connectivity index (χ2n) is 4.91. The van der Waals surface area contributed by atoms with Crippen LogP contribution in [0.1, 0.15) is 39.5 Å². The van der Waals surface area contributed by atoms with Crippen molar-refractivity contribution in [1.82, 2.24) is 0 Å². The van der Waals surface area contributed by atoms with Crippen LogP contribution in [0, 0.1) is 17.8 Å². The van der Waals surface area contributed by atoms with Crippen molar-refractivity contribution in [3.8, 4) is 0 Å². The van der Waals surface area contributed by atoms with Crippen molar-refractivity contribution in [2.75, 3.05) is 0 Å². The zero-order chi connectivity index (χ0) is 9.42. The second kappa shape index (κ2) is 3.28. The molecule has 0 aromatic rings. The topological polar surface area (TPSA) is 17.1 Å². The molecule has 1 nitrogen and oxygen atoms in total. The summed E-state index contributed by atoms with van der Waals surface area (Å²) in [6.45, 7) is 4.01. The molecule has 1 heteroatoms. The molecule has 0 spiro atoms. The third-order valence-corrected chi connectivity index (χ3v) is 3.53. The van der Waals surface area contributed by atoms with Crippen LogP contribution in [-0.4, -0.2) is 5.78 Å². The third kappa shape index (κ3) is 1.70. The Morgan fingerprint density at radius 2 is 2.00 bits per heavy atom. The fraction of sp³-hybridized carbons (Fsp3) is 0.750. The Labute approximate surface area is 80.2 Å². The highest BCUT2D eigenvalue weighted by atomic mass is 16.1. The molecule has 2 fully saturated rings. The van der Waals surface area contributed by atoms with Crippen molar-refractivity contribution in [3.63, 3.8) is 0 Å². The standard InChI is InChI=1S/C12H18O/c1-8(2)5-12(13)11-7-9-3-4-10(11)6-9/h5,9-11H,3-4,6-7H2,1-2H3. The van der Waals surface area contributed by atoms with Gasteiger partial charge in [0.25, 0.3) is 0 Å². The van der Waals surface area contributed by atoms with Gasteiger partial charge < -0.3 is 0 Å². The zero-order valence-corrected chi connectivity index (χ0v) is 8.55. The van der Waals surface area contributed by atoms with E-state index in [-0.39, 0.29) is 0 Å². The summed E-state index contributed by atoms with van der Waals surface area (Å²) in [6, 6.07) is 0. The Bertz CT molecular complexity index is 248. The lowest BCUT2D eigenvalue weighted by molar-refractivity contribution is -0.119. The predicted molar refractivity (Wildman–Crippen MR) is 53.4 cm³/mol. The first-order chi connectivity index (χ1) is 6.16. The number of allylic oxidation sites excluding steroid dienone is 2. The van der Waals surface area contributed by atoms with E-state index in [9.17, 15) is 4.79 Å². The fourth-order valence-corrected chi connectivity index (χ4v) is 2.98. The first kappa shape index (κ1) is 8.98. The molecule has 0 saturated heterocycles. The van der Waals surface area contributed by atoms with Crippen molar-refractivity contribution in [2.24, 2.45) is 17.8 Å². The molecule has 3 atom stereocenters. The van der Waals surface area contributed by atoms with Gasteiger partial charge in [-0.2, -0.15) is 0 Å². The first-order valence-corrected chi connectivity index (χ1v) is 5.35. The van der Waals surface area contributed by atoms with Gasteiger partial charge in [0.15, 0.2) is 5.78 Å². The Morgan fingerprint density at radius 1 is 1.23 bits per heavy atom. The number of carbonyl (C=O) groups is 1. The van der Waals surface area contributed by atoms with E-state index in [0.29, 0.717) is 11.7 Å². The van der Waals surface area contributed by atoms with Gasteiger partial charge in [-0.15, -0.1) is 0 Å². The smallest absolute Gasteiger partial charge is 0.158 e. The van der Waals surface area contributed by atoms with Gasteiger partial charge in [-0.25, -0.2) is 0 Å². The van der Waals surface area contributed by atoms with E-state index in [4.69, 9.17) is 0 Å². The minimum Gasteiger partial charge on any atom is -0.295 e. The summed E-state index contributed by atoms with van der Waals surface area (Å²) in [5.74, 6) is 2.39. The van der Waals surface area contributed by atoms with E-state index >= 15 is 0 Å². The summed E-state index contributed by atoms with van der Waals surface area (Å²) in [5, 5.41) is 0. The summed E-state index contributed by atoms with van der Waals surface area (Å²) in [4.78, 5) is 11.8. The van der Waals surface area contributed by atoms with Crippen LogP contribution in [0.25, 0.3) is 0 Å². The van der Waals surface area contributed by atoms with Gasteiger partial charge in [0.1, 0.15) is 0 Å². The van der Waals surface area contributed by atoms with E-state index in [2.05, 4.69) is 0 Å². The molecule has 2 bridgehead atoms. The van der Waals surface area contributed by atoms with Crippen LogP contribution < -0.4 is 0 Å². The van der Waals surface area contributed by atoms with Gasteiger partial charge in [-0.1, -0.05) is 12.0 Å². The van der Waals surface area contributed by atoms with Crippen LogP contribution in [0.3, 0.4) is 0 Å². The Kier molecular flexibility index (Phi) is 2.27. The number of fused-ring (bicyclic) bond motifs is 2. The lowest BCUT2D eigenvalue weighted by atomic mass is 9.85. The van der Waals surface area contributed by atoms with Crippen molar-refractivity contribution in [1.29, 1.82) is 0 Å². The number of hydrogen-bond donors (Lipinski definition) is 0. The molecular weight excluding hydrogens is 160 g/mol. The molecule has 2 aliphatic rings. The molecule has 0 aromatic heterocycles. The summed E-state index contributed by atoms with van der Waals surface area (Å²) >= 11 is 0. The molecule has 0 heterocycles. The molecule has 72 valence electrons. The molecule has 3 unspecified atom stereocenters. The molecule has 2 aliphatic carbocycles. The fourth-order valence-electron chi connectivity index (χ4n) is 2.98. The van der Waals surface area contributed by atoms with Crippen LogP contribution in [0.2, 0.25) is 0 Å². The van der Waals surface area contributed by atoms with Gasteiger partial charge in [-0.3, -0.25) is 4.79 Å². The van der Waals surface area contributed by atoms with Gasteiger partial charge in [0, 0.05) is 5.92 Å². The van der Waals surface area contributed by atoms with E-state index < -0.39 is 0 Å². The normalized spacial score (nSPS) is 36.3. The predicted octanol–water partition coefficient (Wildman–Crippen LogP) is 2.96. The Hall–Kier alpha value is -0.590. The summed E-state index contributed by atoms with van der Waals surface area (Å²) < 4.78 is 0. The number of hydrogen-bond acceptors (Lipinski definition) is 1. The highest BCUT2D eigenvalue weighted by Gasteiger charge is 2.42. The first-order valence-electron chi connectivity index (χ1n) is 5.35. The SMILES string of the molecule is CC(C)=CC(=O)C1CC2CCC1C2.